The fourth-order valence-electron chi connectivity index (χ4n) is 0.579. The summed E-state index contributed by atoms with van der Waals surface area (Å²) in [6.07, 6.45) is 7.01. The van der Waals surface area contributed by atoms with Crippen LogP contribution in [0.3, 0.4) is 0 Å². The van der Waals surface area contributed by atoms with Gasteiger partial charge in [-0.05, 0) is 12.2 Å². The number of rotatable bonds is 1. The van der Waals surface area contributed by atoms with Gasteiger partial charge >= 0.3 is 0 Å². The first-order valence-corrected chi connectivity index (χ1v) is 2.66. The highest BCUT2D eigenvalue weighted by atomic mass is 15.4. The maximum absolute atomic E-state index is 3.93. The van der Waals surface area contributed by atoms with Crippen LogP contribution in [0.2, 0.25) is 0 Å². The third-order valence-electron chi connectivity index (χ3n) is 1.03. The molecule has 0 saturated carbocycles. The Labute approximate surface area is 54.5 Å². The van der Waals surface area contributed by atoms with Crippen LogP contribution in [0.25, 0.3) is 0 Å². The second-order valence-corrected chi connectivity index (χ2v) is 1.64. The molecule has 2 heteroatoms. The van der Waals surface area contributed by atoms with Gasteiger partial charge in [-0.1, -0.05) is 13.2 Å². The molecular formula is C7H8N2. The normalized spacial score (nSPS) is 16.4. The third-order valence-corrected chi connectivity index (χ3v) is 1.03. The van der Waals surface area contributed by atoms with Crippen molar-refractivity contribution in [3.63, 3.8) is 0 Å². The predicted octanol–water partition coefficient (Wildman–Crippen LogP) is 1.50. The van der Waals surface area contributed by atoms with Crippen molar-refractivity contribution in [3.05, 3.63) is 37.2 Å². The van der Waals surface area contributed by atoms with Crippen LogP contribution in [-0.2, 0) is 0 Å². The Morgan fingerprint density at radius 2 is 2.44 bits per heavy atom. The van der Waals surface area contributed by atoms with E-state index in [0.29, 0.717) is 0 Å². The molecule has 1 aliphatic heterocycles. The Kier molecular flexibility index (Phi) is 1.49. The fourth-order valence-corrected chi connectivity index (χ4v) is 0.579. The van der Waals surface area contributed by atoms with E-state index in [1.54, 1.807) is 17.4 Å². The molecule has 0 unspecified atom stereocenters. The molecule has 0 aromatic rings. The summed E-state index contributed by atoms with van der Waals surface area (Å²) in [4.78, 5) is 0. The highest BCUT2D eigenvalue weighted by Gasteiger charge is 1.97. The molecule has 0 amide bonds. The van der Waals surface area contributed by atoms with Crippen LogP contribution in [0.4, 0.5) is 0 Å². The van der Waals surface area contributed by atoms with Gasteiger partial charge in [0.2, 0.25) is 0 Å². The third kappa shape index (κ3) is 1.08. The van der Waals surface area contributed by atoms with Crippen molar-refractivity contribution in [2.24, 2.45) is 5.10 Å². The van der Waals surface area contributed by atoms with Crippen LogP contribution >= 0.6 is 0 Å². The maximum Gasteiger partial charge on any atom is 0.0574 e. The van der Waals surface area contributed by atoms with Gasteiger partial charge in [0.1, 0.15) is 0 Å². The Morgan fingerprint density at radius 3 is 2.89 bits per heavy atom. The zero-order chi connectivity index (χ0) is 6.69. The molecule has 2 nitrogen and oxygen atoms in total. The van der Waals surface area contributed by atoms with E-state index in [1.807, 2.05) is 12.2 Å². The van der Waals surface area contributed by atoms with Crippen molar-refractivity contribution < 1.29 is 0 Å². The smallest absolute Gasteiger partial charge is 0.0574 e. The van der Waals surface area contributed by atoms with E-state index in [4.69, 9.17) is 0 Å². The van der Waals surface area contributed by atoms with E-state index < -0.39 is 0 Å². The van der Waals surface area contributed by atoms with Crippen LogP contribution in [-0.4, -0.2) is 11.2 Å². The largest absolute Gasteiger partial charge is 0.242 e. The highest BCUT2D eigenvalue weighted by molar-refractivity contribution is 5.73. The van der Waals surface area contributed by atoms with E-state index in [2.05, 4.69) is 18.3 Å². The van der Waals surface area contributed by atoms with Gasteiger partial charge in [0.15, 0.2) is 0 Å². The first-order chi connectivity index (χ1) is 4.34. The lowest BCUT2D eigenvalue weighted by atomic mass is 10.4. The number of nitrogens with zero attached hydrogens (tertiary/aromatic N) is 2. The first kappa shape index (κ1) is 5.82. The summed E-state index contributed by atoms with van der Waals surface area (Å²) >= 11 is 0. The van der Waals surface area contributed by atoms with Crippen molar-refractivity contribution in [1.82, 2.24) is 5.01 Å². The van der Waals surface area contributed by atoms with Crippen molar-refractivity contribution in [1.29, 1.82) is 0 Å². The van der Waals surface area contributed by atoms with Crippen molar-refractivity contribution in [2.45, 2.75) is 0 Å². The Hall–Kier alpha value is -1.31. The predicted molar refractivity (Wildman–Crippen MR) is 38.8 cm³/mol. The average Bonchev–Trinajstić information content (AvgIpc) is 1.89. The number of hydrogen-bond donors (Lipinski definition) is 0. The van der Waals surface area contributed by atoms with Crippen LogP contribution in [0, 0.1) is 0 Å². The lowest BCUT2D eigenvalue weighted by Gasteiger charge is -2.14. The second kappa shape index (κ2) is 2.31. The summed E-state index contributed by atoms with van der Waals surface area (Å²) in [7, 11) is 0. The molecule has 0 aliphatic carbocycles. The topological polar surface area (TPSA) is 15.6 Å². The Balaban J connectivity index is 2.77. The number of allylic oxidation sites excluding steroid dienone is 2. The van der Waals surface area contributed by atoms with Crippen molar-refractivity contribution in [3.8, 4) is 0 Å². The van der Waals surface area contributed by atoms with E-state index in [0.717, 1.165) is 5.70 Å². The van der Waals surface area contributed by atoms with Gasteiger partial charge in [0.05, 0.1) is 5.70 Å². The molecule has 0 aromatic heterocycles. The first-order valence-electron chi connectivity index (χ1n) is 2.66. The zero-order valence-corrected chi connectivity index (χ0v) is 5.12. The molecule has 1 rings (SSSR count). The molecular weight excluding hydrogens is 112 g/mol. The highest BCUT2D eigenvalue weighted by Crippen LogP contribution is 2.06. The second-order valence-electron chi connectivity index (χ2n) is 1.64. The van der Waals surface area contributed by atoms with Gasteiger partial charge in [-0.25, -0.2) is 5.01 Å². The fraction of sp³-hybridized carbons (Fsp3) is 0. The molecule has 0 atom stereocenters. The molecule has 0 aromatic carbocycles. The van der Waals surface area contributed by atoms with Gasteiger partial charge < -0.3 is 0 Å². The van der Waals surface area contributed by atoms with E-state index >= 15 is 0 Å². The van der Waals surface area contributed by atoms with E-state index in [-0.39, 0.29) is 0 Å². The summed E-state index contributed by atoms with van der Waals surface area (Å²) in [5.74, 6) is 0. The SMILES string of the molecule is C=CN1N=CC=CC1=C. The zero-order valence-electron chi connectivity index (χ0n) is 5.12. The van der Waals surface area contributed by atoms with Gasteiger partial charge in [0, 0.05) is 12.4 Å². The minimum atomic E-state index is 0.840. The molecule has 46 valence electrons. The molecule has 0 bridgehead atoms. The summed E-state index contributed by atoms with van der Waals surface area (Å²) in [5.41, 5.74) is 0.840. The molecule has 9 heavy (non-hydrogen) atoms. The van der Waals surface area contributed by atoms with Crippen molar-refractivity contribution >= 4 is 6.21 Å². The minimum absolute atomic E-state index is 0.840. The van der Waals surface area contributed by atoms with Crippen molar-refractivity contribution in [2.75, 3.05) is 0 Å². The lowest BCUT2D eigenvalue weighted by molar-refractivity contribution is 0.517. The molecule has 0 radical (unpaired) electrons. The van der Waals surface area contributed by atoms with Gasteiger partial charge in [-0.2, -0.15) is 5.10 Å². The maximum atomic E-state index is 3.93. The Bertz CT molecular complexity index is 189. The monoisotopic (exact) mass is 120 g/mol. The van der Waals surface area contributed by atoms with Crippen LogP contribution < -0.4 is 0 Å². The van der Waals surface area contributed by atoms with E-state index in [1.165, 1.54) is 0 Å². The number of hydrogen-bond acceptors (Lipinski definition) is 2. The molecule has 1 aliphatic rings. The minimum Gasteiger partial charge on any atom is -0.242 e. The van der Waals surface area contributed by atoms with Crippen LogP contribution in [0.5, 0.6) is 0 Å². The van der Waals surface area contributed by atoms with Crippen LogP contribution in [0.15, 0.2) is 42.3 Å². The van der Waals surface area contributed by atoms with Gasteiger partial charge in [0.25, 0.3) is 0 Å². The average molecular weight is 120 g/mol. The standard InChI is InChI=1S/C7H8N2/c1-3-9-7(2)5-4-6-8-9/h3-6H,1-2H2. The quantitative estimate of drug-likeness (QED) is 0.512. The van der Waals surface area contributed by atoms with Gasteiger partial charge in [-0.3, -0.25) is 0 Å². The molecule has 0 saturated heterocycles. The molecule has 1 heterocycles. The van der Waals surface area contributed by atoms with Gasteiger partial charge in [-0.15, -0.1) is 0 Å². The molecule has 0 spiro atoms. The summed E-state index contributed by atoms with van der Waals surface area (Å²) in [5, 5.41) is 5.54. The molecule has 0 fully saturated rings. The summed E-state index contributed by atoms with van der Waals surface area (Å²) in [6.45, 7) is 7.27. The Morgan fingerprint density at radius 1 is 1.67 bits per heavy atom. The van der Waals surface area contributed by atoms with E-state index in [9.17, 15) is 0 Å². The lowest BCUT2D eigenvalue weighted by Crippen LogP contribution is -2.08. The summed E-state index contributed by atoms with van der Waals surface area (Å²) < 4.78 is 0. The summed E-state index contributed by atoms with van der Waals surface area (Å²) in [6, 6.07) is 0. The number of hydrazone groups is 1. The van der Waals surface area contributed by atoms with Crippen LogP contribution in [0.1, 0.15) is 0 Å². The molecule has 0 N–H and O–H groups in total.